The van der Waals surface area contributed by atoms with Gasteiger partial charge in [-0.1, -0.05) is 12.1 Å². The molecule has 0 saturated heterocycles. The van der Waals surface area contributed by atoms with Crippen LogP contribution in [0.15, 0.2) is 97.8 Å². The van der Waals surface area contributed by atoms with Crippen molar-refractivity contribution in [3.63, 3.8) is 0 Å². The SMILES string of the molecule is O[C@@](CNc1cccc2c(-c3ccncc3)c(-c3ccc(F)cc3)nn12)(Cn1cncn1)c1ccc(F)cc1F. The molecule has 0 aliphatic carbocycles. The summed E-state index contributed by atoms with van der Waals surface area (Å²) in [6.07, 6.45) is 6.06. The summed E-state index contributed by atoms with van der Waals surface area (Å²) in [5.74, 6) is -1.50. The van der Waals surface area contributed by atoms with Gasteiger partial charge in [0.1, 0.15) is 47.2 Å². The highest BCUT2D eigenvalue weighted by atomic mass is 19.1. The van der Waals surface area contributed by atoms with Crippen LogP contribution in [0.3, 0.4) is 0 Å². The lowest BCUT2D eigenvalue weighted by atomic mass is 9.92. The van der Waals surface area contributed by atoms with Crippen LogP contribution >= 0.6 is 0 Å². The third-order valence-corrected chi connectivity index (χ3v) is 6.63. The molecular weight excluding hydrogens is 519 g/mol. The lowest BCUT2D eigenvalue weighted by Gasteiger charge is -2.29. The van der Waals surface area contributed by atoms with Gasteiger partial charge < -0.3 is 10.4 Å². The maximum atomic E-state index is 14.9. The molecule has 4 aromatic heterocycles. The Balaban J connectivity index is 1.44. The van der Waals surface area contributed by atoms with E-state index in [1.54, 1.807) is 35.1 Å². The molecule has 0 saturated carbocycles. The van der Waals surface area contributed by atoms with E-state index in [9.17, 15) is 18.3 Å². The molecule has 0 aliphatic rings. The van der Waals surface area contributed by atoms with Crippen molar-refractivity contribution < 1.29 is 18.3 Å². The summed E-state index contributed by atoms with van der Waals surface area (Å²) >= 11 is 0. The number of anilines is 1. The first-order chi connectivity index (χ1) is 19.4. The van der Waals surface area contributed by atoms with Crippen LogP contribution in [0.5, 0.6) is 0 Å². The number of pyridine rings is 2. The summed E-state index contributed by atoms with van der Waals surface area (Å²) in [5, 5.41) is 23.8. The van der Waals surface area contributed by atoms with Gasteiger partial charge in [-0.25, -0.2) is 27.4 Å². The van der Waals surface area contributed by atoms with E-state index in [2.05, 4.69) is 20.4 Å². The fourth-order valence-electron chi connectivity index (χ4n) is 4.74. The summed E-state index contributed by atoms with van der Waals surface area (Å²) in [4.78, 5) is 8.01. The van der Waals surface area contributed by atoms with Gasteiger partial charge in [-0.3, -0.25) is 4.98 Å². The quantitative estimate of drug-likeness (QED) is 0.280. The average molecular weight is 542 g/mol. The second kappa shape index (κ2) is 10.3. The molecule has 6 rings (SSSR count). The van der Waals surface area contributed by atoms with Gasteiger partial charge in [-0.2, -0.15) is 10.2 Å². The number of benzene rings is 2. The summed E-state index contributed by atoms with van der Waals surface area (Å²) in [6.45, 7) is -0.328. The van der Waals surface area contributed by atoms with Crippen LogP contribution in [-0.4, -0.2) is 41.0 Å². The van der Waals surface area contributed by atoms with Crippen LogP contribution < -0.4 is 5.32 Å². The summed E-state index contributed by atoms with van der Waals surface area (Å²) in [5.41, 5.74) is 1.78. The first kappa shape index (κ1) is 25.3. The molecule has 8 nitrogen and oxygen atoms in total. The van der Waals surface area contributed by atoms with Gasteiger partial charge in [0.05, 0.1) is 18.6 Å². The second-order valence-corrected chi connectivity index (χ2v) is 9.28. The highest BCUT2D eigenvalue weighted by Gasteiger charge is 2.34. The van der Waals surface area contributed by atoms with Crippen molar-refractivity contribution in [1.82, 2.24) is 29.4 Å². The third-order valence-electron chi connectivity index (χ3n) is 6.63. The van der Waals surface area contributed by atoms with Crippen molar-refractivity contribution in [3.05, 3.63) is 121 Å². The van der Waals surface area contributed by atoms with Gasteiger partial charge in [0, 0.05) is 35.2 Å². The van der Waals surface area contributed by atoms with E-state index in [4.69, 9.17) is 5.10 Å². The van der Waals surface area contributed by atoms with Gasteiger partial charge in [-0.05, 0) is 60.2 Å². The normalized spacial score (nSPS) is 12.9. The predicted molar refractivity (Wildman–Crippen MR) is 143 cm³/mol. The largest absolute Gasteiger partial charge is 0.381 e. The Hall–Kier alpha value is -5.03. The van der Waals surface area contributed by atoms with Crippen molar-refractivity contribution in [2.24, 2.45) is 0 Å². The maximum absolute atomic E-state index is 14.9. The topological polar surface area (TPSA) is 93.2 Å². The summed E-state index contributed by atoms with van der Waals surface area (Å²) < 4.78 is 45.3. The maximum Gasteiger partial charge on any atom is 0.137 e. The molecule has 11 heteroatoms. The molecule has 0 spiro atoms. The van der Waals surface area contributed by atoms with Crippen molar-refractivity contribution in [2.45, 2.75) is 12.1 Å². The molecule has 0 unspecified atom stereocenters. The molecule has 0 fully saturated rings. The number of fused-ring (bicyclic) bond motifs is 1. The molecule has 6 aromatic rings. The van der Waals surface area contributed by atoms with Crippen LogP contribution in [0.2, 0.25) is 0 Å². The van der Waals surface area contributed by atoms with Gasteiger partial charge in [0.25, 0.3) is 0 Å². The zero-order valence-electron chi connectivity index (χ0n) is 20.9. The predicted octanol–water partition coefficient (Wildman–Crippen LogP) is 5.07. The van der Waals surface area contributed by atoms with E-state index in [-0.39, 0.29) is 24.5 Å². The summed E-state index contributed by atoms with van der Waals surface area (Å²) in [6, 6.07) is 18.3. The van der Waals surface area contributed by atoms with Crippen LogP contribution in [0.4, 0.5) is 19.0 Å². The number of hydrogen-bond acceptors (Lipinski definition) is 6. The van der Waals surface area contributed by atoms with E-state index >= 15 is 0 Å². The number of rotatable bonds is 8. The first-order valence-electron chi connectivity index (χ1n) is 12.3. The Morgan fingerprint density at radius 2 is 1.62 bits per heavy atom. The minimum absolute atomic E-state index is 0.103. The van der Waals surface area contributed by atoms with Gasteiger partial charge in [0.15, 0.2) is 0 Å². The Kier molecular flexibility index (Phi) is 6.48. The lowest BCUT2D eigenvalue weighted by Crippen LogP contribution is -2.40. The van der Waals surface area contributed by atoms with Crippen molar-refractivity contribution >= 4 is 11.3 Å². The molecule has 40 heavy (non-hydrogen) atoms. The number of nitrogens with one attached hydrogen (secondary N) is 1. The monoisotopic (exact) mass is 541 g/mol. The Bertz CT molecular complexity index is 1770. The molecule has 0 amide bonds. The number of aliphatic hydroxyl groups is 1. The van der Waals surface area contributed by atoms with Crippen molar-refractivity contribution in [3.8, 4) is 22.4 Å². The zero-order chi connectivity index (χ0) is 27.7. The fraction of sp³-hybridized carbons (Fsp3) is 0.103. The molecule has 0 bridgehead atoms. The van der Waals surface area contributed by atoms with Crippen LogP contribution in [0.1, 0.15) is 5.56 Å². The van der Waals surface area contributed by atoms with Crippen LogP contribution in [-0.2, 0) is 12.1 Å². The van der Waals surface area contributed by atoms with E-state index in [0.29, 0.717) is 17.1 Å². The number of aromatic nitrogens is 6. The molecule has 2 aromatic carbocycles. The van der Waals surface area contributed by atoms with Crippen LogP contribution in [0.25, 0.3) is 27.9 Å². The summed E-state index contributed by atoms with van der Waals surface area (Å²) in [7, 11) is 0. The van der Waals surface area contributed by atoms with Crippen molar-refractivity contribution in [2.75, 3.05) is 11.9 Å². The van der Waals surface area contributed by atoms with E-state index < -0.39 is 17.2 Å². The van der Waals surface area contributed by atoms with Gasteiger partial charge in [-0.15, -0.1) is 0 Å². The first-order valence-corrected chi connectivity index (χ1v) is 12.3. The smallest absolute Gasteiger partial charge is 0.137 e. The molecule has 2 N–H and O–H groups in total. The van der Waals surface area contributed by atoms with E-state index in [0.717, 1.165) is 28.8 Å². The van der Waals surface area contributed by atoms with E-state index in [1.165, 1.54) is 35.5 Å². The number of hydrogen-bond donors (Lipinski definition) is 2. The highest BCUT2D eigenvalue weighted by molar-refractivity contribution is 5.92. The highest BCUT2D eigenvalue weighted by Crippen LogP contribution is 2.36. The van der Waals surface area contributed by atoms with Crippen LogP contribution in [0, 0.1) is 17.5 Å². The Morgan fingerprint density at radius 1 is 0.850 bits per heavy atom. The molecule has 0 aliphatic heterocycles. The molecule has 200 valence electrons. The minimum atomic E-state index is -1.84. The molecule has 4 heterocycles. The second-order valence-electron chi connectivity index (χ2n) is 9.28. The molecular formula is C29H22F3N7O. The third kappa shape index (κ3) is 4.78. The molecule has 0 radical (unpaired) electrons. The minimum Gasteiger partial charge on any atom is -0.381 e. The Labute approximate surface area is 226 Å². The Morgan fingerprint density at radius 3 is 2.35 bits per heavy atom. The molecule has 1 atom stereocenters. The van der Waals surface area contributed by atoms with Gasteiger partial charge >= 0.3 is 0 Å². The van der Waals surface area contributed by atoms with Crippen molar-refractivity contribution in [1.29, 1.82) is 0 Å². The lowest BCUT2D eigenvalue weighted by molar-refractivity contribution is 0.0246. The number of halogens is 3. The number of nitrogens with zero attached hydrogens (tertiary/aromatic N) is 6. The average Bonchev–Trinajstić information content (AvgIpc) is 3.61. The standard InChI is InChI=1S/C29H22F3N7O/c30-21-6-4-20(5-7-21)28-27(19-10-12-33-13-11-19)25-2-1-3-26(39(25)37-28)35-15-29(40,16-38-18-34-17-36-38)23-9-8-22(31)14-24(23)32/h1-14,17-18,35,40H,15-16H2/t29-/m0/s1. The fourth-order valence-corrected chi connectivity index (χ4v) is 4.74. The zero-order valence-corrected chi connectivity index (χ0v) is 20.9. The van der Waals surface area contributed by atoms with Gasteiger partial charge in [0.2, 0.25) is 0 Å². The van der Waals surface area contributed by atoms with E-state index in [1.807, 2.05) is 24.3 Å².